The van der Waals surface area contributed by atoms with Crippen LogP contribution < -0.4 is 4.90 Å². The van der Waals surface area contributed by atoms with Crippen LogP contribution in [-0.4, -0.2) is 51.6 Å². The second-order valence-corrected chi connectivity index (χ2v) is 6.71. The molecule has 0 saturated carbocycles. The molecule has 0 bridgehead atoms. The number of likely N-dealkylation sites (tertiary alicyclic amines) is 1. The van der Waals surface area contributed by atoms with Crippen molar-refractivity contribution < 1.29 is 0 Å². The molecular weight excluding hydrogens is 262 g/mol. The van der Waals surface area contributed by atoms with Crippen molar-refractivity contribution in [2.75, 3.05) is 25.0 Å². The quantitative estimate of drug-likeness (QED) is 0.834. The third-order valence-corrected chi connectivity index (χ3v) is 5.33. The van der Waals surface area contributed by atoms with Gasteiger partial charge in [0.15, 0.2) is 0 Å². The Morgan fingerprint density at radius 3 is 2.62 bits per heavy atom. The second kappa shape index (κ2) is 6.69. The molecule has 0 aromatic carbocycles. The van der Waals surface area contributed by atoms with E-state index in [1.54, 1.807) is 12.7 Å². The van der Waals surface area contributed by atoms with E-state index in [1.165, 1.54) is 12.8 Å². The van der Waals surface area contributed by atoms with E-state index in [2.05, 4.69) is 59.5 Å². The summed E-state index contributed by atoms with van der Waals surface area (Å²) in [5, 5.41) is 0. The van der Waals surface area contributed by atoms with Gasteiger partial charge in [0.05, 0.1) is 0 Å². The number of unbranched alkanes of at least 4 members (excludes halogenated alkanes) is 1. The van der Waals surface area contributed by atoms with Gasteiger partial charge in [0, 0.05) is 24.7 Å². The van der Waals surface area contributed by atoms with Gasteiger partial charge < -0.3 is 9.80 Å². The molecule has 118 valence electrons. The Balaban J connectivity index is 2.24. The van der Waals surface area contributed by atoms with Crippen LogP contribution in [0.1, 0.15) is 47.0 Å². The summed E-state index contributed by atoms with van der Waals surface area (Å²) in [5.74, 6) is 1.39. The molecular formula is C16H29N5. The van der Waals surface area contributed by atoms with E-state index in [0.29, 0.717) is 12.0 Å². The minimum atomic E-state index is 0.195. The third kappa shape index (κ3) is 3.34. The monoisotopic (exact) mass is 291 g/mol. The Hall–Kier alpha value is -1.23. The lowest BCUT2D eigenvalue weighted by atomic mass is 9.76. The number of piperidine rings is 1. The summed E-state index contributed by atoms with van der Waals surface area (Å²) in [4.78, 5) is 17.6. The molecule has 5 heteroatoms. The average Bonchev–Trinajstić information content (AvgIpc) is 2.49. The molecule has 2 rings (SSSR count). The van der Waals surface area contributed by atoms with E-state index in [9.17, 15) is 0 Å². The zero-order chi connectivity index (χ0) is 15.5. The highest BCUT2D eigenvalue weighted by Gasteiger charge is 2.42. The SMILES string of the molecule is CCCCN(c1ncncn1)C1CCN(C)C(C)(C)C1C. The van der Waals surface area contributed by atoms with Crippen molar-refractivity contribution in [3.05, 3.63) is 12.7 Å². The van der Waals surface area contributed by atoms with Gasteiger partial charge in [-0.1, -0.05) is 20.3 Å². The predicted octanol–water partition coefficient (Wildman–Crippen LogP) is 2.60. The molecule has 2 unspecified atom stereocenters. The number of nitrogens with zero attached hydrogens (tertiary/aromatic N) is 5. The summed E-state index contributed by atoms with van der Waals surface area (Å²) >= 11 is 0. The van der Waals surface area contributed by atoms with Gasteiger partial charge in [-0.15, -0.1) is 0 Å². The van der Waals surface area contributed by atoms with E-state index in [-0.39, 0.29) is 5.54 Å². The zero-order valence-electron chi connectivity index (χ0n) is 14.1. The molecule has 21 heavy (non-hydrogen) atoms. The fourth-order valence-electron chi connectivity index (χ4n) is 3.23. The van der Waals surface area contributed by atoms with Gasteiger partial charge in [0.1, 0.15) is 12.7 Å². The standard InChI is InChI=1S/C16H29N5/c1-6-7-9-21(15-18-11-17-12-19-15)14-8-10-20(5)16(3,4)13(14)2/h11-14H,6-10H2,1-5H3. The number of aromatic nitrogens is 3. The summed E-state index contributed by atoms with van der Waals surface area (Å²) in [6, 6.07) is 0.491. The maximum Gasteiger partial charge on any atom is 0.228 e. The van der Waals surface area contributed by atoms with E-state index in [1.807, 2.05) is 0 Å². The van der Waals surface area contributed by atoms with Crippen molar-refractivity contribution in [2.45, 2.75) is 58.5 Å². The van der Waals surface area contributed by atoms with E-state index in [0.717, 1.165) is 25.5 Å². The first-order chi connectivity index (χ1) is 9.98. The van der Waals surface area contributed by atoms with Crippen LogP contribution in [0.25, 0.3) is 0 Å². The molecule has 0 spiro atoms. The van der Waals surface area contributed by atoms with Crippen LogP contribution in [0.2, 0.25) is 0 Å². The normalized spacial score (nSPS) is 25.8. The first-order valence-corrected chi connectivity index (χ1v) is 8.08. The highest BCUT2D eigenvalue weighted by molar-refractivity contribution is 5.31. The number of hydrogen-bond acceptors (Lipinski definition) is 5. The molecule has 0 amide bonds. The van der Waals surface area contributed by atoms with Crippen LogP contribution in [-0.2, 0) is 0 Å². The Morgan fingerprint density at radius 2 is 2.00 bits per heavy atom. The number of anilines is 1. The Labute approximate surface area is 128 Å². The summed E-state index contributed by atoms with van der Waals surface area (Å²) in [6.45, 7) is 11.4. The van der Waals surface area contributed by atoms with Gasteiger partial charge in [-0.2, -0.15) is 0 Å². The molecule has 1 aromatic rings. The third-order valence-electron chi connectivity index (χ3n) is 5.33. The Bertz CT molecular complexity index is 434. The molecule has 2 heterocycles. The van der Waals surface area contributed by atoms with Gasteiger partial charge in [0.2, 0.25) is 5.95 Å². The molecule has 1 aromatic heterocycles. The summed E-state index contributed by atoms with van der Waals surface area (Å²) in [5.41, 5.74) is 0.195. The molecule has 1 aliphatic heterocycles. The lowest BCUT2D eigenvalue weighted by molar-refractivity contribution is 0.0375. The second-order valence-electron chi connectivity index (χ2n) is 6.71. The molecule has 1 fully saturated rings. The van der Waals surface area contributed by atoms with Gasteiger partial charge in [-0.3, -0.25) is 0 Å². The highest BCUT2D eigenvalue weighted by Crippen LogP contribution is 2.35. The lowest BCUT2D eigenvalue weighted by Crippen LogP contribution is -2.60. The molecule has 1 aliphatic rings. The van der Waals surface area contributed by atoms with Crippen LogP contribution in [0, 0.1) is 5.92 Å². The first kappa shape index (κ1) is 16.1. The zero-order valence-corrected chi connectivity index (χ0v) is 14.1. The molecule has 0 radical (unpaired) electrons. The van der Waals surface area contributed by atoms with Crippen LogP contribution in [0.4, 0.5) is 5.95 Å². The van der Waals surface area contributed by atoms with Crippen molar-refractivity contribution in [2.24, 2.45) is 5.92 Å². The average molecular weight is 291 g/mol. The van der Waals surface area contributed by atoms with Crippen molar-refractivity contribution in [3.63, 3.8) is 0 Å². The molecule has 1 saturated heterocycles. The van der Waals surface area contributed by atoms with Crippen LogP contribution in [0.5, 0.6) is 0 Å². The number of rotatable bonds is 5. The lowest BCUT2D eigenvalue weighted by Gasteiger charge is -2.52. The van der Waals surface area contributed by atoms with E-state index >= 15 is 0 Å². The Morgan fingerprint density at radius 1 is 1.33 bits per heavy atom. The Kier molecular flexibility index (Phi) is 5.14. The predicted molar refractivity (Wildman–Crippen MR) is 86.4 cm³/mol. The topological polar surface area (TPSA) is 45.2 Å². The van der Waals surface area contributed by atoms with Crippen LogP contribution in [0.15, 0.2) is 12.7 Å². The van der Waals surface area contributed by atoms with Gasteiger partial charge in [-0.25, -0.2) is 15.0 Å². The largest absolute Gasteiger partial charge is 0.337 e. The highest BCUT2D eigenvalue weighted by atomic mass is 15.3. The smallest absolute Gasteiger partial charge is 0.228 e. The summed E-state index contributed by atoms with van der Waals surface area (Å²) in [7, 11) is 2.23. The van der Waals surface area contributed by atoms with Crippen molar-refractivity contribution in [1.82, 2.24) is 19.9 Å². The van der Waals surface area contributed by atoms with E-state index in [4.69, 9.17) is 0 Å². The minimum absolute atomic E-state index is 0.195. The van der Waals surface area contributed by atoms with Crippen LogP contribution in [0.3, 0.4) is 0 Å². The summed E-state index contributed by atoms with van der Waals surface area (Å²) < 4.78 is 0. The summed E-state index contributed by atoms with van der Waals surface area (Å²) in [6.07, 6.45) is 6.73. The van der Waals surface area contributed by atoms with Crippen molar-refractivity contribution in [3.8, 4) is 0 Å². The molecule has 0 N–H and O–H groups in total. The van der Waals surface area contributed by atoms with Crippen molar-refractivity contribution >= 4 is 5.95 Å². The van der Waals surface area contributed by atoms with Gasteiger partial charge in [0.25, 0.3) is 0 Å². The van der Waals surface area contributed by atoms with Gasteiger partial charge >= 0.3 is 0 Å². The minimum Gasteiger partial charge on any atom is -0.337 e. The fourth-order valence-corrected chi connectivity index (χ4v) is 3.23. The number of hydrogen-bond donors (Lipinski definition) is 0. The fraction of sp³-hybridized carbons (Fsp3) is 0.812. The maximum atomic E-state index is 4.40. The van der Waals surface area contributed by atoms with E-state index < -0.39 is 0 Å². The molecule has 0 aliphatic carbocycles. The maximum absolute atomic E-state index is 4.40. The van der Waals surface area contributed by atoms with Crippen LogP contribution >= 0.6 is 0 Å². The first-order valence-electron chi connectivity index (χ1n) is 8.08. The van der Waals surface area contributed by atoms with Gasteiger partial charge in [-0.05, 0) is 39.7 Å². The molecule has 2 atom stereocenters. The molecule has 5 nitrogen and oxygen atoms in total. The van der Waals surface area contributed by atoms with Crippen molar-refractivity contribution in [1.29, 1.82) is 0 Å².